The molecule has 4 nitrogen and oxygen atoms in total. The second-order valence-corrected chi connectivity index (χ2v) is 3.99. The molecule has 0 amide bonds. The highest BCUT2D eigenvalue weighted by Crippen LogP contribution is 2.20. The van der Waals surface area contributed by atoms with Crippen molar-refractivity contribution in [2.75, 3.05) is 24.6 Å². The maximum atomic E-state index is 9.27. The number of hydrogen-bond acceptors (Lipinski definition) is 4. The molecule has 1 aliphatic rings. The van der Waals surface area contributed by atoms with Gasteiger partial charge in [-0.2, -0.15) is 0 Å². The molecule has 88 valence electrons. The molecule has 16 heavy (non-hydrogen) atoms. The fourth-order valence-corrected chi connectivity index (χ4v) is 2.00. The molecule has 2 rings (SSSR count). The van der Waals surface area contributed by atoms with Crippen LogP contribution in [0.4, 0.5) is 5.82 Å². The van der Waals surface area contributed by atoms with Crippen molar-refractivity contribution in [2.24, 2.45) is 0 Å². The molecule has 1 N–H and O–H groups in total. The van der Waals surface area contributed by atoms with Gasteiger partial charge in [-0.05, 0) is 12.5 Å². The standard InChI is InChI=1S/C12H18N2O2/c1-2-11-8-14(6-7-16-11)12-10(9-15)4-3-5-13-12/h3-5,11,15H,2,6-9H2,1H3. The van der Waals surface area contributed by atoms with E-state index in [-0.39, 0.29) is 12.7 Å². The number of morpholine rings is 1. The van der Waals surface area contributed by atoms with Gasteiger partial charge in [-0.15, -0.1) is 0 Å². The zero-order valence-corrected chi connectivity index (χ0v) is 9.59. The Kier molecular flexibility index (Phi) is 3.74. The number of anilines is 1. The molecule has 0 spiro atoms. The van der Waals surface area contributed by atoms with Gasteiger partial charge < -0.3 is 14.7 Å². The van der Waals surface area contributed by atoms with E-state index < -0.39 is 0 Å². The van der Waals surface area contributed by atoms with Crippen LogP contribution < -0.4 is 4.90 Å². The van der Waals surface area contributed by atoms with Crippen LogP contribution in [0.2, 0.25) is 0 Å². The van der Waals surface area contributed by atoms with E-state index in [2.05, 4.69) is 16.8 Å². The van der Waals surface area contributed by atoms with E-state index in [1.807, 2.05) is 12.1 Å². The third-order valence-corrected chi connectivity index (χ3v) is 2.93. The van der Waals surface area contributed by atoms with Gasteiger partial charge in [-0.1, -0.05) is 13.0 Å². The van der Waals surface area contributed by atoms with Crippen molar-refractivity contribution in [3.05, 3.63) is 23.9 Å². The minimum atomic E-state index is 0.0390. The van der Waals surface area contributed by atoms with Crippen molar-refractivity contribution in [2.45, 2.75) is 26.1 Å². The minimum Gasteiger partial charge on any atom is -0.392 e. The lowest BCUT2D eigenvalue weighted by molar-refractivity contribution is 0.0380. The van der Waals surface area contributed by atoms with Gasteiger partial charge in [0.2, 0.25) is 0 Å². The number of aromatic nitrogens is 1. The van der Waals surface area contributed by atoms with Crippen molar-refractivity contribution < 1.29 is 9.84 Å². The van der Waals surface area contributed by atoms with Crippen molar-refractivity contribution in [1.29, 1.82) is 0 Å². The van der Waals surface area contributed by atoms with Crippen LogP contribution in [0.1, 0.15) is 18.9 Å². The normalized spacial score (nSPS) is 21.1. The van der Waals surface area contributed by atoms with Gasteiger partial charge in [0.1, 0.15) is 5.82 Å². The van der Waals surface area contributed by atoms with Gasteiger partial charge >= 0.3 is 0 Å². The Balaban J connectivity index is 2.16. The van der Waals surface area contributed by atoms with Crippen LogP contribution in [0.15, 0.2) is 18.3 Å². The molecular formula is C12H18N2O2. The summed E-state index contributed by atoms with van der Waals surface area (Å²) in [6, 6.07) is 3.77. The van der Waals surface area contributed by atoms with Crippen LogP contribution >= 0.6 is 0 Å². The largest absolute Gasteiger partial charge is 0.392 e. The number of pyridine rings is 1. The van der Waals surface area contributed by atoms with Crippen molar-refractivity contribution >= 4 is 5.82 Å². The fourth-order valence-electron chi connectivity index (χ4n) is 2.00. The lowest BCUT2D eigenvalue weighted by Gasteiger charge is -2.34. The molecular weight excluding hydrogens is 204 g/mol. The minimum absolute atomic E-state index is 0.0390. The number of nitrogens with zero attached hydrogens (tertiary/aromatic N) is 2. The summed E-state index contributed by atoms with van der Waals surface area (Å²) in [5.74, 6) is 0.895. The Hall–Kier alpha value is -1.13. The highest BCUT2D eigenvalue weighted by Gasteiger charge is 2.21. The second kappa shape index (κ2) is 5.27. The second-order valence-electron chi connectivity index (χ2n) is 3.99. The summed E-state index contributed by atoms with van der Waals surface area (Å²) >= 11 is 0. The topological polar surface area (TPSA) is 45.6 Å². The van der Waals surface area contributed by atoms with Crippen molar-refractivity contribution in [3.63, 3.8) is 0 Å². The summed E-state index contributed by atoms with van der Waals surface area (Å²) in [5.41, 5.74) is 0.888. The molecule has 1 aromatic heterocycles. The van der Waals surface area contributed by atoms with E-state index in [9.17, 15) is 5.11 Å². The van der Waals surface area contributed by atoms with Gasteiger partial charge in [0.25, 0.3) is 0 Å². The first-order chi connectivity index (χ1) is 7.85. The van der Waals surface area contributed by atoms with E-state index in [0.717, 1.165) is 37.5 Å². The average molecular weight is 222 g/mol. The van der Waals surface area contributed by atoms with Crippen LogP contribution in [0.25, 0.3) is 0 Å². The predicted molar refractivity (Wildman–Crippen MR) is 62.4 cm³/mol. The molecule has 2 heterocycles. The zero-order chi connectivity index (χ0) is 11.4. The Morgan fingerprint density at radius 3 is 3.25 bits per heavy atom. The molecule has 1 saturated heterocycles. The molecule has 1 fully saturated rings. The molecule has 1 aromatic rings. The molecule has 1 aliphatic heterocycles. The summed E-state index contributed by atoms with van der Waals surface area (Å²) in [6.07, 6.45) is 3.06. The number of rotatable bonds is 3. The van der Waals surface area contributed by atoms with E-state index in [0.29, 0.717) is 0 Å². The molecule has 0 saturated carbocycles. The maximum Gasteiger partial charge on any atom is 0.134 e. The van der Waals surface area contributed by atoms with Crippen LogP contribution in [-0.4, -0.2) is 35.9 Å². The van der Waals surface area contributed by atoms with Gasteiger partial charge in [0.05, 0.1) is 19.3 Å². The van der Waals surface area contributed by atoms with Crippen LogP contribution in [0.5, 0.6) is 0 Å². The molecule has 0 aromatic carbocycles. The molecule has 0 aliphatic carbocycles. The first-order valence-electron chi connectivity index (χ1n) is 5.76. The van der Waals surface area contributed by atoms with Gasteiger partial charge in [0, 0.05) is 24.8 Å². The smallest absolute Gasteiger partial charge is 0.134 e. The third kappa shape index (κ3) is 2.33. The van der Waals surface area contributed by atoms with E-state index in [4.69, 9.17) is 4.74 Å². The van der Waals surface area contributed by atoms with Gasteiger partial charge in [0.15, 0.2) is 0 Å². The number of aliphatic hydroxyl groups is 1. The van der Waals surface area contributed by atoms with Crippen molar-refractivity contribution in [3.8, 4) is 0 Å². The third-order valence-electron chi connectivity index (χ3n) is 2.93. The Morgan fingerprint density at radius 1 is 1.62 bits per heavy atom. The lowest BCUT2D eigenvalue weighted by atomic mass is 10.2. The fraction of sp³-hybridized carbons (Fsp3) is 0.583. The molecule has 0 bridgehead atoms. The average Bonchev–Trinajstić information content (AvgIpc) is 2.38. The number of hydrogen-bond donors (Lipinski definition) is 1. The van der Waals surface area contributed by atoms with Gasteiger partial charge in [-0.25, -0.2) is 4.98 Å². The zero-order valence-electron chi connectivity index (χ0n) is 9.59. The highest BCUT2D eigenvalue weighted by atomic mass is 16.5. The lowest BCUT2D eigenvalue weighted by Crippen LogP contribution is -2.43. The summed E-state index contributed by atoms with van der Waals surface area (Å²) in [4.78, 5) is 6.55. The van der Waals surface area contributed by atoms with E-state index in [1.165, 1.54) is 0 Å². The first-order valence-corrected chi connectivity index (χ1v) is 5.76. The monoisotopic (exact) mass is 222 g/mol. The quantitative estimate of drug-likeness (QED) is 0.834. The predicted octanol–water partition coefficient (Wildman–Crippen LogP) is 1.19. The summed E-state index contributed by atoms with van der Waals surface area (Å²) in [5, 5.41) is 9.27. The first kappa shape index (κ1) is 11.4. The summed E-state index contributed by atoms with van der Waals surface area (Å²) in [6.45, 7) is 4.61. The Morgan fingerprint density at radius 2 is 2.50 bits per heavy atom. The Labute approximate surface area is 95.9 Å². The summed E-state index contributed by atoms with van der Waals surface area (Å²) in [7, 11) is 0. The highest BCUT2D eigenvalue weighted by molar-refractivity contribution is 5.46. The van der Waals surface area contributed by atoms with E-state index in [1.54, 1.807) is 6.20 Å². The van der Waals surface area contributed by atoms with E-state index >= 15 is 0 Å². The maximum absolute atomic E-state index is 9.27. The number of aliphatic hydroxyl groups excluding tert-OH is 1. The molecule has 4 heteroatoms. The van der Waals surface area contributed by atoms with Crippen molar-refractivity contribution in [1.82, 2.24) is 4.98 Å². The molecule has 0 radical (unpaired) electrons. The Bertz CT molecular complexity index is 344. The van der Waals surface area contributed by atoms with Crippen LogP contribution in [-0.2, 0) is 11.3 Å². The SMILES string of the molecule is CCC1CN(c2ncccc2CO)CCO1. The van der Waals surface area contributed by atoms with Crippen LogP contribution in [0.3, 0.4) is 0 Å². The summed E-state index contributed by atoms with van der Waals surface area (Å²) < 4.78 is 5.62. The number of ether oxygens (including phenoxy) is 1. The van der Waals surface area contributed by atoms with Crippen LogP contribution in [0, 0.1) is 0 Å². The molecule has 1 unspecified atom stereocenters. The van der Waals surface area contributed by atoms with Gasteiger partial charge in [-0.3, -0.25) is 0 Å². The molecule has 1 atom stereocenters.